The van der Waals surface area contributed by atoms with Gasteiger partial charge in [0.15, 0.2) is 0 Å². The fraction of sp³-hybridized carbons (Fsp3) is 0.417. The van der Waals surface area contributed by atoms with Crippen molar-refractivity contribution < 1.29 is 9.53 Å². The lowest BCUT2D eigenvalue weighted by atomic mass is 10.2. The second kappa shape index (κ2) is 7.29. The lowest BCUT2D eigenvalue weighted by molar-refractivity contribution is -0.118. The predicted octanol–water partition coefficient (Wildman–Crippen LogP) is 1.81. The lowest BCUT2D eigenvalue weighted by Crippen LogP contribution is -2.18. The summed E-state index contributed by atoms with van der Waals surface area (Å²) in [4.78, 5) is 10.5. The minimum absolute atomic E-state index is 0.258. The summed E-state index contributed by atoms with van der Waals surface area (Å²) in [7, 11) is 1.65. The Hall–Kier alpha value is -1.07. The van der Waals surface area contributed by atoms with E-state index < -0.39 is 0 Å². The van der Waals surface area contributed by atoms with Crippen LogP contribution in [0.3, 0.4) is 0 Å². The number of rotatable bonds is 7. The van der Waals surface area contributed by atoms with Gasteiger partial charge in [0.1, 0.15) is 5.75 Å². The Bertz CT molecular complexity index is 383. The number of primary amides is 1. The van der Waals surface area contributed by atoms with Crippen LogP contribution in [0.1, 0.15) is 18.4 Å². The summed E-state index contributed by atoms with van der Waals surface area (Å²) in [5.41, 5.74) is 6.14. The van der Waals surface area contributed by atoms with Gasteiger partial charge in [-0.15, -0.1) is 0 Å². The molecule has 0 bridgehead atoms. The molecular weight excluding hydrogens is 284 g/mol. The molecule has 0 saturated heterocycles. The molecule has 5 heteroatoms. The van der Waals surface area contributed by atoms with Crippen LogP contribution >= 0.6 is 15.9 Å². The average Bonchev–Trinajstić information content (AvgIpc) is 2.28. The van der Waals surface area contributed by atoms with Crippen molar-refractivity contribution in [3.63, 3.8) is 0 Å². The third-order valence-electron chi connectivity index (χ3n) is 2.33. The number of methoxy groups -OCH3 is 1. The maximum absolute atomic E-state index is 10.5. The van der Waals surface area contributed by atoms with Gasteiger partial charge in [0.2, 0.25) is 5.91 Å². The van der Waals surface area contributed by atoms with Gasteiger partial charge in [-0.05, 0) is 31.2 Å². The first-order chi connectivity index (χ1) is 8.13. The van der Waals surface area contributed by atoms with Crippen LogP contribution in [0.4, 0.5) is 0 Å². The molecule has 0 aliphatic rings. The third kappa shape index (κ3) is 5.19. The van der Waals surface area contributed by atoms with Crippen LogP contribution in [-0.4, -0.2) is 19.6 Å². The van der Waals surface area contributed by atoms with E-state index in [1.54, 1.807) is 7.11 Å². The smallest absolute Gasteiger partial charge is 0.217 e. The number of halogens is 1. The number of hydrogen-bond donors (Lipinski definition) is 2. The largest absolute Gasteiger partial charge is 0.496 e. The molecule has 0 aromatic heterocycles. The molecule has 0 fully saturated rings. The van der Waals surface area contributed by atoms with E-state index in [4.69, 9.17) is 10.5 Å². The van der Waals surface area contributed by atoms with E-state index in [0.29, 0.717) is 13.0 Å². The highest BCUT2D eigenvalue weighted by Crippen LogP contribution is 2.22. The Morgan fingerprint density at radius 1 is 1.53 bits per heavy atom. The van der Waals surface area contributed by atoms with Crippen molar-refractivity contribution in [2.75, 3.05) is 13.7 Å². The van der Waals surface area contributed by atoms with Crippen LogP contribution in [-0.2, 0) is 11.3 Å². The standard InChI is InChI=1S/C12H17BrN2O2/c1-17-11-5-4-10(13)7-9(11)8-15-6-2-3-12(14)16/h4-5,7,15H,2-3,6,8H2,1H3,(H2,14,16). The molecule has 0 unspecified atom stereocenters. The fourth-order valence-electron chi connectivity index (χ4n) is 1.50. The number of nitrogens with one attached hydrogen (secondary N) is 1. The van der Waals surface area contributed by atoms with E-state index in [0.717, 1.165) is 28.8 Å². The minimum Gasteiger partial charge on any atom is -0.496 e. The Kier molecular flexibility index (Phi) is 6.00. The summed E-state index contributed by atoms with van der Waals surface area (Å²) in [6.45, 7) is 1.47. The van der Waals surface area contributed by atoms with Gasteiger partial charge < -0.3 is 15.8 Å². The molecule has 0 heterocycles. The topological polar surface area (TPSA) is 64.3 Å². The maximum Gasteiger partial charge on any atom is 0.217 e. The van der Waals surface area contributed by atoms with E-state index in [9.17, 15) is 4.79 Å². The van der Waals surface area contributed by atoms with Crippen LogP contribution in [0.25, 0.3) is 0 Å². The predicted molar refractivity (Wildman–Crippen MR) is 70.8 cm³/mol. The first-order valence-electron chi connectivity index (χ1n) is 5.45. The highest BCUT2D eigenvalue weighted by molar-refractivity contribution is 9.10. The van der Waals surface area contributed by atoms with Gasteiger partial charge in [0, 0.05) is 23.0 Å². The van der Waals surface area contributed by atoms with Crippen LogP contribution < -0.4 is 15.8 Å². The van der Waals surface area contributed by atoms with Crippen molar-refractivity contribution in [3.8, 4) is 5.75 Å². The van der Waals surface area contributed by atoms with Gasteiger partial charge in [-0.3, -0.25) is 4.79 Å². The normalized spacial score (nSPS) is 10.2. The van der Waals surface area contributed by atoms with Gasteiger partial charge >= 0.3 is 0 Å². The van der Waals surface area contributed by atoms with Crippen molar-refractivity contribution in [2.45, 2.75) is 19.4 Å². The van der Waals surface area contributed by atoms with E-state index in [1.807, 2.05) is 18.2 Å². The van der Waals surface area contributed by atoms with E-state index in [2.05, 4.69) is 21.2 Å². The molecule has 4 nitrogen and oxygen atoms in total. The fourth-order valence-corrected chi connectivity index (χ4v) is 1.90. The zero-order valence-corrected chi connectivity index (χ0v) is 11.4. The molecule has 0 saturated carbocycles. The Morgan fingerprint density at radius 2 is 2.29 bits per heavy atom. The Morgan fingerprint density at radius 3 is 2.94 bits per heavy atom. The molecule has 94 valence electrons. The second-order valence-electron chi connectivity index (χ2n) is 3.70. The van der Waals surface area contributed by atoms with Crippen LogP contribution in [0.2, 0.25) is 0 Å². The van der Waals surface area contributed by atoms with Crippen molar-refractivity contribution in [2.24, 2.45) is 5.73 Å². The summed E-state index contributed by atoms with van der Waals surface area (Å²) in [5, 5.41) is 3.25. The van der Waals surface area contributed by atoms with Crippen molar-refractivity contribution >= 4 is 21.8 Å². The first-order valence-corrected chi connectivity index (χ1v) is 6.24. The van der Waals surface area contributed by atoms with E-state index in [1.165, 1.54) is 0 Å². The zero-order valence-electron chi connectivity index (χ0n) is 9.83. The number of benzene rings is 1. The lowest BCUT2D eigenvalue weighted by Gasteiger charge is -2.09. The number of hydrogen-bond acceptors (Lipinski definition) is 3. The molecular formula is C12H17BrN2O2. The van der Waals surface area contributed by atoms with Gasteiger partial charge in [-0.25, -0.2) is 0 Å². The van der Waals surface area contributed by atoms with E-state index in [-0.39, 0.29) is 5.91 Å². The third-order valence-corrected chi connectivity index (χ3v) is 2.83. The Balaban J connectivity index is 2.40. The summed E-state index contributed by atoms with van der Waals surface area (Å²) in [6.07, 6.45) is 1.17. The number of carbonyl (C=O) groups is 1. The minimum atomic E-state index is -0.258. The Labute approximate surface area is 110 Å². The van der Waals surface area contributed by atoms with Crippen LogP contribution in [0, 0.1) is 0 Å². The highest BCUT2D eigenvalue weighted by atomic mass is 79.9. The number of ether oxygens (including phenoxy) is 1. The van der Waals surface area contributed by atoms with Crippen molar-refractivity contribution in [1.82, 2.24) is 5.32 Å². The molecule has 3 N–H and O–H groups in total. The van der Waals surface area contributed by atoms with Crippen LogP contribution in [0.15, 0.2) is 22.7 Å². The van der Waals surface area contributed by atoms with Crippen molar-refractivity contribution in [3.05, 3.63) is 28.2 Å². The molecule has 0 spiro atoms. The summed E-state index contributed by atoms with van der Waals surface area (Å²) in [5.74, 6) is 0.599. The summed E-state index contributed by atoms with van der Waals surface area (Å²) >= 11 is 3.42. The number of nitrogens with two attached hydrogens (primary N) is 1. The zero-order chi connectivity index (χ0) is 12.7. The van der Waals surface area contributed by atoms with Crippen molar-refractivity contribution in [1.29, 1.82) is 0 Å². The molecule has 17 heavy (non-hydrogen) atoms. The molecule has 1 rings (SSSR count). The summed E-state index contributed by atoms with van der Waals surface area (Å²) in [6, 6.07) is 5.87. The van der Waals surface area contributed by atoms with Gasteiger partial charge in [0.25, 0.3) is 0 Å². The molecule has 1 aromatic carbocycles. The highest BCUT2D eigenvalue weighted by Gasteiger charge is 2.03. The molecule has 0 radical (unpaired) electrons. The molecule has 1 aromatic rings. The number of carbonyl (C=O) groups excluding carboxylic acids is 1. The molecule has 0 aliphatic carbocycles. The van der Waals surface area contributed by atoms with Crippen LogP contribution in [0.5, 0.6) is 5.75 Å². The number of amides is 1. The monoisotopic (exact) mass is 300 g/mol. The average molecular weight is 301 g/mol. The van der Waals surface area contributed by atoms with Gasteiger partial charge in [-0.2, -0.15) is 0 Å². The summed E-state index contributed by atoms with van der Waals surface area (Å²) < 4.78 is 6.28. The molecule has 0 aliphatic heterocycles. The van der Waals surface area contributed by atoms with Gasteiger partial charge in [0.05, 0.1) is 7.11 Å². The maximum atomic E-state index is 10.5. The quantitative estimate of drug-likeness (QED) is 0.755. The van der Waals surface area contributed by atoms with Gasteiger partial charge in [-0.1, -0.05) is 15.9 Å². The first kappa shape index (κ1) is 14.0. The molecule has 0 atom stereocenters. The second-order valence-corrected chi connectivity index (χ2v) is 4.62. The SMILES string of the molecule is COc1ccc(Br)cc1CNCCCC(N)=O. The van der Waals surface area contributed by atoms with E-state index >= 15 is 0 Å². The molecule has 1 amide bonds.